The normalized spacial score (nSPS) is 10.6. The van der Waals surface area contributed by atoms with E-state index in [0.29, 0.717) is 30.0 Å². The lowest BCUT2D eigenvalue weighted by Crippen LogP contribution is -2.02. The number of hydrogen-bond donors (Lipinski definition) is 2. The third-order valence-electron chi connectivity index (χ3n) is 2.42. The number of aromatic carboxylic acids is 1. The number of nitrogens with two attached hydrogens (primary N) is 1. The zero-order valence-electron chi connectivity index (χ0n) is 10.5. The molecule has 0 unspecified atom stereocenters. The second-order valence-corrected chi connectivity index (χ2v) is 3.58. The van der Waals surface area contributed by atoms with Gasteiger partial charge in [0, 0.05) is 0 Å². The highest BCUT2D eigenvalue weighted by atomic mass is 16.5. The first-order valence-electron chi connectivity index (χ1n) is 5.50. The number of carbonyl (C=O) groups is 1. The zero-order chi connectivity index (χ0) is 13.5. The highest BCUT2D eigenvalue weighted by Crippen LogP contribution is 2.31. The van der Waals surface area contributed by atoms with Gasteiger partial charge in [-0.3, -0.25) is 0 Å². The average Bonchev–Trinajstić information content (AvgIpc) is 2.38. The van der Waals surface area contributed by atoms with E-state index in [0.717, 1.165) is 0 Å². The van der Waals surface area contributed by atoms with Crippen molar-refractivity contribution in [1.82, 2.24) is 0 Å². The molecule has 0 aliphatic heterocycles. The molecule has 0 radical (unpaired) electrons. The topological polar surface area (TPSA) is 81.8 Å². The van der Waals surface area contributed by atoms with Crippen molar-refractivity contribution in [2.24, 2.45) is 5.73 Å². The summed E-state index contributed by atoms with van der Waals surface area (Å²) in [6.45, 7) is 0.520. The van der Waals surface area contributed by atoms with E-state index in [1.54, 1.807) is 12.1 Å². The van der Waals surface area contributed by atoms with Gasteiger partial charge in [-0.05, 0) is 30.7 Å². The maximum Gasteiger partial charge on any atom is 0.336 e. The van der Waals surface area contributed by atoms with Crippen LogP contribution in [0.4, 0.5) is 0 Å². The number of hydrogen-bond acceptors (Lipinski definition) is 4. The van der Waals surface area contributed by atoms with Gasteiger partial charge in [0.15, 0.2) is 11.5 Å². The van der Waals surface area contributed by atoms with Crippen molar-refractivity contribution in [2.75, 3.05) is 20.8 Å². The highest BCUT2D eigenvalue weighted by Gasteiger charge is 2.14. The van der Waals surface area contributed by atoms with Crippen molar-refractivity contribution in [2.45, 2.75) is 6.42 Å². The fourth-order valence-electron chi connectivity index (χ4n) is 1.52. The van der Waals surface area contributed by atoms with Gasteiger partial charge in [0.2, 0.25) is 0 Å². The van der Waals surface area contributed by atoms with Crippen LogP contribution in [0.2, 0.25) is 0 Å². The minimum Gasteiger partial charge on any atom is -0.493 e. The minimum absolute atomic E-state index is 0.168. The molecule has 0 aromatic heterocycles. The van der Waals surface area contributed by atoms with Crippen LogP contribution in [0.5, 0.6) is 11.5 Å². The molecule has 3 N–H and O–H groups in total. The standard InChI is InChI=1S/C13H17NO4/c1-17-11-7-9(5-3-4-6-14)10(13(15)16)8-12(11)18-2/h3,5,7-8H,4,6,14H2,1-2H3,(H,15,16). The molecule has 0 amide bonds. The first-order valence-corrected chi connectivity index (χ1v) is 5.50. The van der Waals surface area contributed by atoms with Crippen LogP contribution in [-0.2, 0) is 0 Å². The first-order chi connectivity index (χ1) is 8.63. The van der Waals surface area contributed by atoms with Gasteiger partial charge in [-0.1, -0.05) is 12.2 Å². The molecule has 0 bridgehead atoms. The molecular weight excluding hydrogens is 234 g/mol. The second-order valence-electron chi connectivity index (χ2n) is 3.58. The summed E-state index contributed by atoms with van der Waals surface area (Å²) in [7, 11) is 2.97. The molecule has 0 saturated carbocycles. The largest absolute Gasteiger partial charge is 0.493 e. The Morgan fingerprint density at radius 3 is 2.44 bits per heavy atom. The molecule has 1 aromatic carbocycles. The van der Waals surface area contributed by atoms with Crippen LogP contribution in [0.3, 0.4) is 0 Å². The smallest absolute Gasteiger partial charge is 0.336 e. The molecule has 1 aromatic rings. The molecule has 0 spiro atoms. The Kier molecular flexibility index (Phi) is 5.20. The number of methoxy groups -OCH3 is 2. The van der Waals surface area contributed by atoms with Crippen LogP contribution >= 0.6 is 0 Å². The van der Waals surface area contributed by atoms with Gasteiger partial charge in [-0.15, -0.1) is 0 Å². The molecule has 1 rings (SSSR count). The lowest BCUT2D eigenvalue weighted by Gasteiger charge is -2.10. The van der Waals surface area contributed by atoms with Gasteiger partial charge >= 0.3 is 5.97 Å². The van der Waals surface area contributed by atoms with E-state index in [1.165, 1.54) is 20.3 Å². The van der Waals surface area contributed by atoms with E-state index < -0.39 is 5.97 Å². The number of benzene rings is 1. The fourth-order valence-corrected chi connectivity index (χ4v) is 1.52. The second kappa shape index (κ2) is 6.66. The molecular formula is C13H17NO4. The maximum absolute atomic E-state index is 11.2. The van der Waals surface area contributed by atoms with E-state index in [1.807, 2.05) is 6.08 Å². The summed E-state index contributed by atoms with van der Waals surface area (Å²) in [5.41, 5.74) is 6.11. The van der Waals surface area contributed by atoms with Crippen LogP contribution < -0.4 is 15.2 Å². The molecule has 0 heterocycles. The number of rotatable bonds is 6. The van der Waals surface area contributed by atoms with E-state index >= 15 is 0 Å². The van der Waals surface area contributed by atoms with Gasteiger partial charge in [0.25, 0.3) is 0 Å². The van der Waals surface area contributed by atoms with Gasteiger partial charge in [-0.2, -0.15) is 0 Å². The zero-order valence-corrected chi connectivity index (χ0v) is 10.5. The van der Waals surface area contributed by atoms with Crippen LogP contribution in [-0.4, -0.2) is 31.8 Å². The first kappa shape index (κ1) is 14.1. The van der Waals surface area contributed by atoms with Crippen molar-refractivity contribution < 1.29 is 19.4 Å². The van der Waals surface area contributed by atoms with Crippen LogP contribution in [0.25, 0.3) is 6.08 Å². The van der Waals surface area contributed by atoms with E-state index in [9.17, 15) is 4.79 Å². The molecule has 0 aliphatic carbocycles. The molecule has 98 valence electrons. The van der Waals surface area contributed by atoms with Crippen LogP contribution in [0, 0.1) is 0 Å². The summed E-state index contributed by atoms with van der Waals surface area (Å²) in [6.07, 6.45) is 4.24. The highest BCUT2D eigenvalue weighted by molar-refractivity contribution is 5.93. The van der Waals surface area contributed by atoms with Crippen molar-refractivity contribution >= 4 is 12.0 Å². The number of carboxylic acids is 1. The van der Waals surface area contributed by atoms with Gasteiger partial charge in [0.05, 0.1) is 19.8 Å². The molecule has 0 fully saturated rings. The third-order valence-corrected chi connectivity index (χ3v) is 2.42. The molecule has 5 heteroatoms. The summed E-state index contributed by atoms with van der Waals surface area (Å²) in [6, 6.07) is 3.08. The Balaban J connectivity index is 3.24. The van der Waals surface area contributed by atoms with Crippen molar-refractivity contribution in [1.29, 1.82) is 0 Å². The third kappa shape index (κ3) is 3.24. The van der Waals surface area contributed by atoms with Crippen molar-refractivity contribution in [3.05, 3.63) is 29.3 Å². The van der Waals surface area contributed by atoms with Gasteiger partial charge in [0.1, 0.15) is 0 Å². The fraction of sp³-hybridized carbons (Fsp3) is 0.308. The van der Waals surface area contributed by atoms with Crippen molar-refractivity contribution in [3.63, 3.8) is 0 Å². The predicted octanol–water partition coefficient (Wildman–Crippen LogP) is 1.76. The Morgan fingerprint density at radius 1 is 1.33 bits per heavy atom. The molecule has 0 saturated heterocycles. The van der Waals surface area contributed by atoms with Gasteiger partial charge in [-0.25, -0.2) is 4.79 Å². The minimum atomic E-state index is -1.01. The molecule has 18 heavy (non-hydrogen) atoms. The predicted molar refractivity (Wildman–Crippen MR) is 69.2 cm³/mol. The quantitative estimate of drug-likeness (QED) is 0.805. The Hall–Kier alpha value is -2.01. The average molecular weight is 251 g/mol. The van der Waals surface area contributed by atoms with Gasteiger partial charge < -0.3 is 20.3 Å². The van der Waals surface area contributed by atoms with Crippen LogP contribution in [0.1, 0.15) is 22.3 Å². The summed E-state index contributed by atoms with van der Waals surface area (Å²) in [5, 5.41) is 9.15. The number of ether oxygens (including phenoxy) is 2. The summed E-state index contributed by atoms with van der Waals surface area (Å²) >= 11 is 0. The Morgan fingerprint density at radius 2 is 1.94 bits per heavy atom. The van der Waals surface area contributed by atoms with Crippen LogP contribution in [0.15, 0.2) is 18.2 Å². The molecule has 0 aliphatic rings. The van der Waals surface area contributed by atoms with E-state index in [2.05, 4.69) is 0 Å². The molecule has 5 nitrogen and oxygen atoms in total. The molecule has 0 atom stereocenters. The monoisotopic (exact) mass is 251 g/mol. The lowest BCUT2D eigenvalue weighted by atomic mass is 10.1. The van der Waals surface area contributed by atoms with Crippen molar-refractivity contribution in [3.8, 4) is 11.5 Å². The van der Waals surface area contributed by atoms with E-state index in [-0.39, 0.29) is 5.56 Å². The summed E-state index contributed by atoms with van der Waals surface area (Å²) in [4.78, 5) is 11.2. The summed E-state index contributed by atoms with van der Waals surface area (Å²) < 4.78 is 10.2. The Labute approximate surface area is 106 Å². The van der Waals surface area contributed by atoms with E-state index in [4.69, 9.17) is 20.3 Å². The Bertz CT molecular complexity index is 455. The maximum atomic E-state index is 11.2. The lowest BCUT2D eigenvalue weighted by molar-refractivity contribution is 0.0696. The SMILES string of the molecule is COc1cc(C=CCCN)c(C(=O)O)cc1OC. The summed E-state index contributed by atoms with van der Waals surface area (Å²) in [5.74, 6) is -0.121. The number of carboxylic acid groups (broad SMARTS) is 1.